The molecule has 0 aliphatic carbocycles. The van der Waals surface area contributed by atoms with Crippen LogP contribution in [0.2, 0.25) is 0 Å². The maximum Gasteiger partial charge on any atom is 0.192 e. The van der Waals surface area contributed by atoms with Crippen LogP contribution in [0.5, 0.6) is 0 Å². The van der Waals surface area contributed by atoms with Gasteiger partial charge in [-0.05, 0) is 17.5 Å². The van der Waals surface area contributed by atoms with Crippen LogP contribution in [-0.4, -0.2) is 14.6 Å². The number of pyridine rings is 1. The highest BCUT2D eigenvalue weighted by Crippen LogP contribution is 2.21. The molecule has 0 atom stereocenters. The summed E-state index contributed by atoms with van der Waals surface area (Å²) >= 11 is 1.63. The molecule has 0 saturated heterocycles. The molecule has 3 heterocycles. The van der Waals surface area contributed by atoms with Crippen LogP contribution >= 0.6 is 11.3 Å². The van der Waals surface area contributed by atoms with Crippen LogP contribution in [0.25, 0.3) is 16.3 Å². The van der Waals surface area contributed by atoms with Crippen molar-refractivity contribution in [3.8, 4) is 10.7 Å². The van der Waals surface area contributed by atoms with E-state index in [1.54, 1.807) is 21.9 Å². The molecule has 2 N–H and O–H groups in total. The summed E-state index contributed by atoms with van der Waals surface area (Å²) in [5.74, 6) is 0.746. The van der Waals surface area contributed by atoms with Crippen molar-refractivity contribution in [3.05, 3.63) is 35.8 Å². The third kappa shape index (κ3) is 1.37. The molecule has 4 nitrogen and oxygen atoms in total. The number of rotatable bonds is 1. The fourth-order valence-corrected chi connectivity index (χ4v) is 2.06. The zero-order valence-corrected chi connectivity index (χ0v) is 8.61. The zero-order chi connectivity index (χ0) is 10.3. The summed E-state index contributed by atoms with van der Waals surface area (Å²) in [6.45, 7) is 0. The van der Waals surface area contributed by atoms with Gasteiger partial charge in [-0.25, -0.2) is 9.50 Å². The lowest BCUT2D eigenvalue weighted by Gasteiger charge is -1.91. The first-order valence-electron chi connectivity index (χ1n) is 4.49. The second-order valence-electron chi connectivity index (χ2n) is 3.18. The number of thiophene rings is 1. The number of aromatic nitrogens is 3. The molecule has 0 saturated carbocycles. The molecule has 0 unspecified atom stereocenters. The Morgan fingerprint density at radius 1 is 1.33 bits per heavy atom. The first-order valence-corrected chi connectivity index (χ1v) is 5.37. The third-order valence-corrected chi connectivity index (χ3v) is 2.97. The van der Waals surface area contributed by atoms with Gasteiger partial charge in [0.1, 0.15) is 0 Å². The summed E-state index contributed by atoms with van der Waals surface area (Å²) in [5.41, 5.74) is 7.15. The number of hydrogen-bond donors (Lipinski definition) is 1. The van der Waals surface area contributed by atoms with Crippen molar-refractivity contribution < 1.29 is 0 Å². The SMILES string of the molecule is Nc1ccn2nc(-c3cccs3)nc2c1. The first-order chi connectivity index (χ1) is 7.33. The lowest BCUT2D eigenvalue weighted by molar-refractivity contribution is 0.968. The minimum Gasteiger partial charge on any atom is -0.399 e. The molecule has 15 heavy (non-hydrogen) atoms. The molecule has 0 spiro atoms. The lowest BCUT2D eigenvalue weighted by Crippen LogP contribution is -1.89. The Bertz CT molecular complexity index is 597. The van der Waals surface area contributed by atoms with E-state index < -0.39 is 0 Å². The highest BCUT2D eigenvalue weighted by atomic mass is 32.1. The molecule has 0 aliphatic heterocycles. The molecule has 0 radical (unpaired) electrons. The highest BCUT2D eigenvalue weighted by Gasteiger charge is 2.06. The fraction of sp³-hybridized carbons (Fsp3) is 0. The van der Waals surface area contributed by atoms with Crippen molar-refractivity contribution in [3.63, 3.8) is 0 Å². The number of nitrogens with zero attached hydrogens (tertiary/aromatic N) is 3. The van der Waals surface area contributed by atoms with Crippen molar-refractivity contribution in [2.75, 3.05) is 5.73 Å². The van der Waals surface area contributed by atoms with Crippen LogP contribution in [0, 0.1) is 0 Å². The van der Waals surface area contributed by atoms with Gasteiger partial charge in [-0.15, -0.1) is 16.4 Å². The van der Waals surface area contributed by atoms with Crippen molar-refractivity contribution in [2.45, 2.75) is 0 Å². The van der Waals surface area contributed by atoms with E-state index >= 15 is 0 Å². The predicted octanol–water partition coefficient (Wildman–Crippen LogP) is 2.04. The molecule has 3 rings (SSSR count). The second kappa shape index (κ2) is 3.06. The van der Waals surface area contributed by atoms with Gasteiger partial charge in [0.15, 0.2) is 11.5 Å². The first kappa shape index (κ1) is 8.43. The Labute approximate surface area is 90.0 Å². The normalized spacial score (nSPS) is 10.9. The van der Waals surface area contributed by atoms with E-state index in [1.165, 1.54) is 0 Å². The number of nitrogen functional groups attached to an aromatic ring is 1. The van der Waals surface area contributed by atoms with E-state index in [-0.39, 0.29) is 0 Å². The average molecular weight is 216 g/mol. The fourth-order valence-electron chi connectivity index (χ4n) is 1.41. The summed E-state index contributed by atoms with van der Waals surface area (Å²) in [6, 6.07) is 7.60. The second-order valence-corrected chi connectivity index (χ2v) is 4.12. The monoisotopic (exact) mass is 216 g/mol. The molecule has 3 aromatic rings. The Kier molecular flexibility index (Phi) is 1.72. The van der Waals surface area contributed by atoms with Crippen molar-refractivity contribution in [1.29, 1.82) is 0 Å². The highest BCUT2D eigenvalue weighted by molar-refractivity contribution is 7.13. The lowest BCUT2D eigenvalue weighted by atomic mass is 10.4. The Morgan fingerprint density at radius 2 is 2.27 bits per heavy atom. The van der Waals surface area contributed by atoms with Crippen molar-refractivity contribution in [1.82, 2.24) is 14.6 Å². The standard InChI is InChI=1S/C10H8N4S/c11-7-3-4-14-9(6-7)12-10(13-14)8-2-1-5-15-8/h1-6H,11H2. The molecule has 0 aromatic carbocycles. The van der Waals surface area contributed by atoms with Crippen LogP contribution in [0.4, 0.5) is 5.69 Å². The maximum absolute atomic E-state index is 5.67. The molecular weight excluding hydrogens is 208 g/mol. The van der Waals surface area contributed by atoms with Gasteiger partial charge in [0.2, 0.25) is 0 Å². The van der Waals surface area contributed by atoms with E-state index in [4.69, 9.17) is 5.73 Å². The minimum absolute atomic E-state index is 0.702. The largest absolute Gasteiger partial charge is 0.399 e. The van der Waals surface area contributed by atoms with Crippen molar-refractivity contribution >= 4 is 22.7 Å². The molecule has 0 amide bonds. The van der Waals surface area contributed by atoms with E-state index in [0.29, 0.717) is 5.69 Å². The van der Waals surface area contributed by atoms with Gasteiger partial charge >= 0.3 is 0 Å². The van der Waals surface area contributed by atoms with Crippen LogP contribution in [-0.2, 0) is 0 Å². The van der Waals surface area contributed by atoms with Gasteiger partial charge in [-0.2, -0.15) is 0 Å². The number of anilines is 1. The molecule has 3 aromatic heterocycles. The van der Waals surface area contributed by atoms with E-state index in [9.17, 15) is 0 Å². The molecule has 5 heteroatoms. The van der Waals surface area contributed by atoms with Crippen LogP contribution in [0.3, 0.4) is 0 Å². The van der Waals surface area contributed by atoms with Crippen LogP contribution in [0.1, 0.15) is 0 Å². The average Bonchev–Trinajstić information content (AvgIpc) is 2.84. The maximum atomic E-state index is 5.67. The number of nitrogens with two attached hydrogens (primary N) is 1. The van der Waals surface area contributed by atoms with Gasteiger partial charge in [0, 0.05) is 18.0 Å². The third-order valence-electron chi connectivity index (χ3n) is 2.10. The summed E-state index contributed by atoms with van der Waals surface area (Å²) in [6.07, 6.45) is 1.81. The Morgan fingerprint density at radius 3 is 3.07 bits per heavy atom. The van der Waals surface area contributed by atoms with E-state index in [0.717, 1.165) is 16.3 Å². The van der Waals surface area contributed by atoms with E-state index in [1.807, 2.05) is 29.8 Å². The van der Waals surface area contributed by atoms with Gasteiger partial charge in [0.05, 0.1) is 4.88 Å². The molecule has 0 fully saturated rings. The van der Waals surface area contributed by atoms with Gasteiger partial charge < -0.3 is 5.73 Å². The summed E-state index contributed by atoms with van der Waals surface area (Å²) in [7, 11) is 0. The predicted molar refractivity (Wildman–Crippen MR) is 60.7 cm³/mol. The quantitative estimate of drug-likeness (QED) is 0.677. The summed E-state index contributed by atoms with van der Waals surface area (Å²) in [4.78, 5) is 5.47. The molecule has 0 bridgehead atoms. The topological polar surface area (TPSA) is 56.2 Å². The molecule has 74 valence electrons. The van der Waals surface area contributed by atoms with Crippen LogP contribution in [0.15, 0.2) is 35.8 Å². The zero-order valence-electron chi connectivity index (χ0n) is 7.79. The van der Waals surface area contributed by atoms with E-state index in [2.05, 4.69) is 10.1 Å². The number of fused-ring (bicyclic) bond motifs is 1. The van der Waals surface area contributed by atoms with Crippen molar-refractivity contribution in [2.24, 2.45) is 0 Å². The van der Waals surface area contributed by atoms with Crippen LogP contribution < -0.4 is 5.73 Å². The number of hydrogen-bond acceptors (Lipinski definition) is 4. The smallest absolute Gasteiger partial charge is 0.192 e. The molecular formula is C10H8N4S. The Hall–Kier alpha value is -1.88. The summed E-state index contributed by atoms with van der Waals surface area (Å²) in [5, 5.41) is 6.37. The Balaban J connectivity index is 2.22. The minimum atomic E-state index is 0.702. The van der Waals surface area contributed by atoms with Gasteiger partial charge in [0.25, 0.3) is 0 Å². The van der Waals surface area contributed by atoms with Gasteiger partial charge in [-0.1, -0.05) is 6.07 Å². The summed E-state index contributed by atoms with van der Waals surface area (Å²) < 4.78 is 1.73. The molecule has 0 aliphatic rings. The van der Waals surface area contributed by atoms with Gasteiger partial charge in [-0.3, -0.25) is 0 Å².